The molecular formula is C29H41N5O12S. The number of phenolic OH excluding ortho intramolecular Hbond substituents is 1. The lowest BCUT2D eigenvalue weighted by Gasteiger charge is -2.50. The molecule has 0 radical (unpaired) electrons. The second-order valence-corrected chi connectivity index (χ2v) is 12.9. The number of ketones is 2. The van der Waals surface area contributed by atoms with Gasteiger partial charge in [0.25, 0.3) is 5.91 Å². The normalized spacial score (nSPS) is 23.9. The van der Waals surface area contributed by atoms with E-state index in [1.165, 1.54) is 4.90 Å². The molecule has 0 saturated heterocycles. The number of anilines is 2. The van der Waals surface area contributed by atoms with Gasteiger partial charge < -0.3 is 36.4 Å². The Kier molecular flexibility index (Phi) is 10.8. The van der Waals surface area contributed by atoms with E-state index < -0.39 is 74.2 Å². The number of likely N-dealkylation sites (N-methyl/N-ethyl adjacent to an activating group) is 2. The molecule has 47 heavy (non-hydrogen) atoms. The predicted octanol–water partition coefficient (Wildman–Crippen LogP) is -0.342. The minimum absolute atomic E-state index is 0.0122. The lowest BCUT2D eigenvalue weighted by Crippen LogP contribution is -2.65. The standard InChI is InChI=1S/C29H39N5O8.H2O4S/c1-7-34(8-2)12-18(35)31-16-11-17(32(3)4)14-9-13-10-15-22(33(5)6)25(38)21(28(30)41)27(40)29(15,42)26(39)19(13)24(37)20(14)23(16)36;1-5(2,3)4/h11,13,15,22,36-37,40,42H,7-10,12H2,1-6H3,(H2,30,41)(H,31,35);(H2,1,2,3,4)/t13?,15?,22-,29-;/m0./s1. The van der Waals surface area contributed by atoms with Crippen LogP contribution in [0.3, 0.4) is 0 Å². The van der Waals surface area contributed by atoms with E-state index >= 15 is 0 Å². The smallest absolute Gasteiger partial charge is 0.394 e. The van der Waals surface area contributed by atoms with Gasteiger partial charge in [-0.05, 0) is 57.6 Å². The molecule has 4 atom stereocenters. The average Bonchev–Trinajstić information content (AvgIpc) is 2.93. The minimum Gasteiger partial charge on any atom is -0.508 e. The summed E-state index contributed by atoms with van der Waals surface area (Å²) in [6.45, 7) is 5.19. The van der Waals surface area contributed by atoms with Gasteiger partial charge in [0.15, 0.2) is 11.4 Å². The number of rotatable bonds is 8. The summed E-state index contributed by atoms with van der Waals surface area (Å²) in [5.41, 5.74) is 2.54. The van der Waals surface area contributed by atoms with Crippen LogP contribution in [0, 0.1) is 11.8 Å². The Labute approximate surface area is 271 Å². The highest BCUT2D eigenvalue weighted by Crippen LogP contribution is 2.54. The molecule has 260 valence electrons. The fraction of sp³-hybridized carbons (Fsp3) is 0.517. The summed E-state index contributed by atoms with van der Waals surface area (Å²) in [5, 5.41) is 48.3. The number of primary amides is 1. The topological polar surface area (TPSA) is 272 Å². The highest BCUT2D eigenvalue weighted by molar-refractivity contribution is 7.79. The van der Waals surface area contributed by atoms with Crippen molar-refractivity contribution in [2.45, 2.75) is 38.3 Å². The van der Waals surface area contributed by atoms with Crippen LogP contribution < -0.4 is 16.0 Å². The van der Waals surface area contributed by atoms with Crippen molar-refractivity contribution < 1.29 is 57.1 Å². The van der Waals surface area contributed by atoms with Crippen LogP contribution in [0.5, 0.6) is 5.75 Å². The van der Waals surface area contributed by atoms with Crippen LogP contribution in [0.2, 0.25) is 0 Å². The molecule has 18 heteroatoms. The highest BCUT2D eigenvalue weighted by Gasteiger charge is 2.64. The number of nitrogens with zero attached hydrogens (tertiary/aromatic N) is 3. The van der Waals surface area contributed by atoms with Crippen LogP contribution in [0.15, 0.2) is 23.0 Å². The van der Waals surface area contributed by atoms with E-state index in [-0.39, 0.29) is 42.1 Å². The Hall–Kier alpha value is -4.07. The number of hydrogen-bond acceptors (Lipinski definition) is 13. The van der Waals surface area contributed by atoms with Crippen LogP contribution in [0.1, 0.15) is 31.4 Å². The molecule has 3 aliphatic rings. The fourth-order valence-corrected chi connectivity index (χ4v) is 6.63. The van der Waals surface area contributed by atoms with Crippen molar-refractivity contribution in [1.82, 2.24) is 9.80 Å². The lowest BCUT2D eigenvalue weighted by molar-refractivity contribution is -0.153. The number of nitrogens with two attached hydrogens (primary N) is 1. The monoisotopic (exact) mass is 683 g/mol. The molecule has 3 aliphatic carbocycles. The summed E-state index contributed by atoms with van der Waals surface area (Å²) in [6.07, 6.45) is 0.130. The van der Waals surface area contributed by atoms with Gasteiger partial charge in [-0.1, -0.05) is 13.8 Å². The third-order valence-electron chi connectivity index (χ3n) is 8.71. The van der Waals surface area contributed by atoms with E-state index in [0.717, 1.165) is 0 Å². The van der Waals surface area contributed by atoms with Crippen molar-refractivity contribution in [1.29, 1.82) is 0 Å². The van der Waals surface area contributed by atoms with E-state index in [9.17, 15) is 39.6 Å². The molecule has 0 aromatic heterocycles. The Morgan fingerprint density at radius 1 is 1.06 bits per heavy atom. The fourth-order valence-electron chi connectivity index (χ4n) is 6.63. The molecule has 1 aromatic rings. The molecule has 0 aliphatic heterocycles. The SMILES string of the molecule is CCN(CC)CC(=O)Nc1cc(N(C)C)c2c(c1O)C(O)=C1C(=O)[C@]3(O)C(O)=C(C(N)=O)C(=O)[C@@H](N(C)C)C3CC1C2.O=S(=O)(O)O. The third-order valence-corrected chi connectivity index (χ3v) is 8.71. The maximum absolute atomic E-state index is 14.1. The first-order valence-corrected chi connectivity index (χ1v) is 15.9. The maximum Gasteiger partial charge on any atom is 0.394 e. The number of Topliss-reactive ketones (excluding diaryl/α,β-unsaturated/α-hetero) is 2. The summed E-state index contributed by atoms with van der Waals surface area (Å²) in [5.74, 6) is -7.67. The number of amides is 2. The lowest BCUT2D eigenvalue weighted by atomic mass is 9.57. The van der Waals surface area contributed by atoms with Gasteiger partial charge in [-0.2, -0.15) is 8.42 Å². The summed E-state index contributed by atoms with van der Waals surface area (Å²) in [4.78, 5) is 57.3. The zero-order valence-electron chi connectivity index (χ0n) is 26.8. The molecule has 4 rings (SSSR count). The van der Waals surface area contributed by atoms with Gasteiger partial charge in [0, 0.05) is 31.3 Å². The Morgan fingerprint density at radius 2 is 1.62 bits per heavy atom. The molecule has 2 unspecified atom stereocenters. The molecule has 1 fully saturated rings. The van der Waals surface area contributed by atoms with Gasteiger partial charge in [-0.25, -0.2) is 0 Å². The zero-order chi connectivity index (χ0) is 35.9. The number of carbonyl (C=O) groups is 4. The molecule has 2 amide bonds. The van der Waals surface area contributed by atoms with Crippen LogP contribution in [0.4, 0.5) is 11.4 Å². The summed E-state index contributed by atoms with van der Waals surface area (Å²) < 4.78 is 31.6. The van der Waals surface area contributed by atoms with Gasteiger partial charge in [0.1, 0.15) is 22.8 Å². The molecule has 0 heterocycles. The van der Waals surface area contributed by atoms with Crippen molar-refractivity contribution >= 4 is 50.9 Å². The first kappa shape index (κ1) is 37.4. The van der Waals surface area contributed by atoms with Crippen molar-refractivity contribution in [3.8, 4) is 5.75 Å². The number of nitrogens with one attached hydrogen (secondary N) is 1. The number of aliphatic hydroxyl groups is 3. The molecular weight excluding hydrogens is 642 g/mol. The average molecular weight is 684 g/mol. The Balaban J connectivity index is 0.00000111. The molecule has 1 saturated carbocycles. The maximum atomic E-state index is 14.1. The van der Waals surface area contributed by atoms with Crippen LogP contribution >= 0.6 is 0 Å². The summed E-state index contributed by atoms with van der Waals surface area (Å²) in [7, 11) is 1.94. The summed E-state index contributed by atoms with van der Waals surface area (Å²) >= 11 is 0. The van der Waals surface area contributed by atoms with Gasteiger partial charge in [-0.15, -0.1) is 0 Å². The third kappa shape index (κ3) is 6.97. The minimum atomic E-state index is -4.67. The first-order valence-electron chi connectivity index (χ1n) is 14.5. The first-order chi connectivity index (χ1) is 21.6. The van der Waals surface area contributed by atoms with Crippen LogP contribution in [0.25, 0.3) is 5.76 Å². The number of hydrogen-bond donors (Lipinski definition) is 8. The van der Waals surface area contributed by atoms with E-state index in [1.54, 1.807) is 39.2 Å². The van der Waals surface area contributed by atoms with E-state index in [4.69, 9.17) is 23.3 Å². The number of fused-ring (bicyclic) bond motifs is 3. The van der Waals surface area contributed by atoms with Gasteiger partial charge in [-0.3, -0.25) is 38.1 Å². The zero-order valence-corrected chi connectivity index (χ0v) is 27.6. The second-order valence-electron chi connectivity index (χ2n) is 12.0. The van der Waals surface area contributed by atoms with Crippen LogP contribution in [-0.4, -0.2) is 131 Å². The van der Waals surface area contributed by atoms with Gasteiger partial charge in [0.05, 0.1) is 23.8 Å². The predicted molar refractivity (Wildman–Crippen MR) is 169 cm³/mol. The van der Waals surface area contributed by atoms with E-state index in [2.05, 4.69) is 5.32 Å². The second kappa shape index (κ2) is 13.6. The number of phenols is 1. The molecule has 0 spiro atoms. The van der Waals surface area contributed by atoms with Crippen molar-refractivity contribution in [3.63, 3.8) is 0 Å². The highest BCUT2D eigenvalue weighted by atomic mass is 32.3. The quantitative estimate of drug-likeness (QED) is 0.0989. The van der Waals surface area contributed by atoms with E-state index in [0.29, 0.717) is 24.3 Å². The number of aliphatic hydroxyl groups excluding tert-OH is 2. The molecule has 17 nitrogen and oxygen atoms in total. The Morgan fingerprint density at radius 3 is 2.09 bits per heavy atom. The van der Waals surface area contributed by atoms with Crippen molar-refractivity contribution in [2.24, 2.45) is 17.6 Å². The largest absolute Gasteiger partial charge is 0.508 e. The van der Waals surface area contributed by atoms with Crippen molar-refractivity contribution in [3.05, 3.63) is 34.1 Å². The number of aromatic hydroxyl groups is 1. The molecule has 1 aromatic carbocycles. The van der Waals surface area contributed by atoms with Crippen LogP contribution in [-0.2, 0) is 36.0 Å². The number of benzene rings is 1. The number of carbonyl (C=O) groups excluding carboxylic acids is 4. The van der Waals surface area contributed by atoms with Gasteiger partial charge >= 0.3 is 10.4 Å². The van der Waals surface area contributed by atoms with E-state index in [1.807, 2.05) is 18.7 Å². The molecule has 0 bridgehead atoms. The van der Waals surface area contributed by atoms with Gasteiger partial charge in [0.2, 0.25) is 11.7 Å². The summed E-state index contributed by atoms with van der Waals surface area (Å²) in [6, 6.07) is 0.432. The Bertz CT molecular complexity index is 1660. The van der Waals surface area contributed by atoms with Crippen molar-refractivity contribution in [2.75, 3.05) is 58.0 Å². The molecule has 9 N–H and O–H groups in total.